The van der Waals surface area contributed by atoms with Gasteiger partial charge in [-0.05, 0) is 26.8 Å². The number of anilines is 2. The van der Waals surface area contributed by atoms with Crippen molar-refractivity contribution < 1.29 is 23.9 Å². The van der Waals surface area contributed by atoms with Crippen LogP contribution < -0.4 is 25.2 Å². The van der Waals surface area contributed by atoms with Crippen molar-refractivity contribution in [2.45, 2.75) is 38.8 Å². The first-order chi connectivity index (χ1) is 15.2. The predicted octanol–water partition coefficient (Wildman–Crippen LogP) is 0.909. The van der Waals surface area contributed by atoms with Gasteiger partial charge in [-0.25, -0.2) is 14.6 Å². The number of nitrogens with one attached hydrogen (secondary N) is 2. The molecule has 2 aromatic rings. The molecule has 0 aliphatic carbocycles. The summed E-state index contributed by atoms with van der Waals surface area (Å²) < 4.78 is 13.1. The fourth-order valence-electron chi connectivity index (χ4n) is 3.98. The SMILES string of the molecule is COc1c(N2CCNCC2C(=O)OC(C)(C)C)ccn2c(N3CCC(=O)NC3=O)cnc12. The number of esters is 1. The van der Waals surface area contributed by atoms with E-state index in [2.05, 4.69) is 15.6 Å². The Bertz CT molecular complexity index is 1060. The van der Waals surface area contributed by atoms with Gasteiger partial charge in [0.15, 0.2) is 11.4 Å². The van der Waals surface area contributed by atoms with Crippen molar-refractivity contribution in [1.82, 2.24) is 20.0 Å². The van der Waals surface area contributed by atoms with Crippen molar-refractivity contribution >= 4 is 35.1 Å². The van der Waals surface area contributed by atoms with Gasteiger partial charge in [-0.15, -0.1) is 0 Å². The fourth-order valence-corrected chi connectivity index (χ4v) is 3.98. The van der Waals surface area contributed by atoms with Gasteiger partial charge in [0.05, 0.1) is 19.0 Å². The largest absolute Gasteiger partial charge is 0.491 e. The van der Waals surface area contributed by atoms with E-state index in [1.807, 2.05) is 31.7 Å². The molecular formula is C21H28N6O5. The van der Waals surface area contributed by atoms with Crippen molar-refractivity contribution in [2.75, 3.05) is 43.1 Å². The molecule has 11 nitrogen and oxygen atoms in total. The molecule has 3 amide bonds. The minimum atomic E-state index is -0.595. The first-order valence-electron chi connectivity index (χ1n) is 10.5. The van der Waals surface area contributed by atoms with Crippen LogP contribution in [0.4, 0.5) is 16.3 Å². The van der Waals surface area contributed by atoms with Gasteiger partial charge in [-0.2, -0.15) is 0 Å². The van der Waals surface area contributed by atoms with E-state index in [1.54, 1.807) is 23.9 Å². The Morgan fingerprint density at radius 1 is 1.25 bits per heavy atom. The highest BCUT2D eigenvalue weighted by Crippen LogP contribution is 2.36. The summed E-state index contributed by atoms with van der Waals surface area (Å²) in [6, 6.07) is 0.831. The van der Waals surface area contributed by atoms with E-state index < -0.39 is 17.7 Å². The zero-order chi connectivity index (χ0) is 23.0. The maximum Gasteiger partial charge on any atom is 0.330 e. The molecule has 0 bridgehead atoms. The van der Waals surface area contributed by atoms with Gasteiger partial charge < -0.3 is 19.7 Å². The summed E-state index contributed by atoms with van der Waals surface area (Å²) in [7, 11) is 1.55. The van der Waals surface area contributed by atoms with Crippen molar-refractivity contribution in [3.05, 3.63) is 18.5 Å². The number of carbonyl (C=O) groups excluding carboxylic acids is 3. The van der Waals surface area contributed by atoms with Crippen LogP contribution >= 0.6 is 0 Å². The lowest BCUT2D eigenvalue weighted by molar-refractivity contribution is -0.156. The van der Waals surface area contributed by atoms with Crippen molar-refractivity contribution in [2.24, 2.45) is 0 Å². The third-order valence-electron chi connectivity index (χ3n) is 5.36. The second kappa shape index (κ2) is 8.30. The van der Waals surface area contributed by atoms with E-state index in [9.17, 15) is 14.4 Å². The topological polar surface area (TPSA) is 118 Å². The lowest BCUT2D eigenvalue weighted by atomic mass is 10.1. The first-order valence-corrected chi connectivity index (χ1v) is 10.5. The number of fused-ring (bicyclic) bond motifs is 1. The van der Waals surface area contributed by atoms with E-state index in [0.29, 0.717) is 42.5 Å². The molecule has 0 saturated carbocycles. The number of imidazole rings is 1. The fraction of sp³-hybridized carbons (Fsp3) is 0.524. The van der Waals surface area contributed by atoms with Crippen LogP contribution in [0.1, 0.15) is 27.2 Å². The lowest BCUT2D eigenvalue weighted by Gasteiger charge is -2.38. The highest BCUT2D eigenvalue weighted by molar-refractivity contribution is 6.05. The van der Waals surface area contributed by atoms with Gasteiger partial charge in [0.2, 0.25) is 5.91 Å². The molecule has 2 N–H and O–H groups in total. The second-order valence-electron chi connectivity index (χ2n) is 8.75. The molecule has 2 aliphatic rings. The Balaban J connectivity index is 1.71. The Morgan fingerprint density at radius 3 is 2.72 bits per heavy atom. The van der Waals surface area contributed by atoms with Gasteiger partial charge in [0.1, 0.15) is 17.5 Å². The average Bonchev–Trinajstić information content (AvgIpc) is 3.15. The molecule has 2 fully saturated rings. The number of amides is 3. The zero-order valence-corrected chi connectivity index (χ0v) is 18.7. The summed E-state index contributed by atoms with van der Waals surface area (Å²) in [5.41, 5.74) is 0.627. The summed E-state index contributed by atoms with van der Waals surface area (Å²) in [6.07, 6.45) is 3.57. The molecule has 0 radical (unpaired) electrons. The number of aromatic nitrogens is 2. The van der Waals surface area contributed by atoms with Crippen LogP contribution in [0.5, 0.6) is 5.75 Å². The van der Waals surface area contributed by atoms with Crippen molar-refractivity contribution in [3.8, 4) is 5.75 Å². The smallest absolute Gasteiger partial charge is 0.330 e. The van der Waals surface area contributed by atoms with Crippen LogP contribution in [-0.2, 0) is 14.3 Å². The molecule has 4 rings (SSSR count). The van der Waals surface area contributed by atoms with E-state index in [0.717, 1.165) is 0 Å². The summed E-state index contributed by atoms with van der Waals surface area (Å²) in [6.45, 7) is 7.53. The second-order valence-corrected chi connectivity index (χ2v) is 8.75. The highest BCUT2D eigenvalue weighted by Gasteiger charge is 2.35. The first kappa shape index (κ1) is 21.9. The maximum absolute atomic E-state index is 12.9. The third-order valence-corrected chi connectivity index (χ3v) is 5.36. The minimum absolute atomic E-state index is 0.215. The average molecular weight is 444 g/mol. The van der Waals surface area contributed by atoms with Crippen LogP contribution in [0, 0.1) is 0 Å². The zero-order valence-electron chi connectivity index (χ0n) is 18.7. The molecule has 2 saturated heterocycles. The molecule has 1 unspecified atom stereocenters. The molecule has 2 aliphatic heterocycles. The molecular weight excluding hydrogens is 416 g/mol. The number of ether oxygens (including phenoxy) is 2. The molecule has 2 aromatic heterocycles. The Kier molecular flexibility index (Phi) is 5.68. The number of pyridine rings is 1. The van der Waals surface area contributed by atoms with Crippen LogP contribution in [0.15, 0.2) is 18.5 Å². The van der Waals surface area contributed by atoms with Crippen molar-refractivity contribution in [3.63, 3.8) is 0 Å². The van der Waals surface area contributed by atoms with Gasteiger partial charge >= 0.3 is 12.0 Å². The number of piperazine rings is 1. The lowest BCUT2D eigenvalue weighted by Crippen LogP contribution is -2.56. The highest BCUT2D eigenvalue weighted by atomic mass is 16.6. The summed E-state index contributed by atoms with van der Waals surface area (Å²) in [5.74, 6) is 0.402. The van der Waals surface area contributed by atoms with Crippen LogP contribution in [0.2, 0.25) is 0 Å². The van der Waals surface area contributed by atoms with Gasteiger partial charge in [0.25, 0.3) is 0 Å². The summed E-state index contributed by atoms with van der Waals surface area (Å²) in [4.78, 5) is 44.6. The summed E-state index contributed by atoms with van der Waals surface area (Å²) >= 11 is 0. The molecule has 32 heavy (non-hydrogen) atoms. The van der Waals surface area contributed by atoms with Crippen LogP contribution in [-0.4, -0.2) is 72.2 Å². The maximum atomic E-state index is 12.9. The molecule has 0 aromatic carbocycles. The van der Waals surface area contributed by atoms with E-state index in [1.165, 1.54) is 4.90 Å². The number of imide groups is 1. The number of methoxy groups -OCH3 is 1. The van der Waals surface area contributed by atoms with Crippen LogP contribution in [0.25, 0.3) is 5.65 Å². The van der Waals surface area contributed by atoms with Gasteiger partial charge in [0, 0.05) is 38.8 Å². The third kappa shape index (κ3) is 4.07. The van der Waals surface area contributed by atoms with Crippen LogP contribution in [0.3, 0.4) is 0 Å². The quantitative estimate of drug-likeness (QED) is 0.669. The number of rotatable bonds is 4. The molecule has 4 heterocycles. The standard InChI is InChI=1S/C21H28N6O5/c1-21(2,3)32-19(29)14-11-22-7-10-25(14)13-5-8-26-16(12-23-18(26)17(13)31-4)27-9-6-15(28)24-20(27)30/h5,8,12,14,22H,6-7,9-11H2,1-4H3,(H,24,28,30). The number of carbonyl (C=O) groups is 3. The van der Waals surface area contributed by atoms with E-state index >= 15 is 0 Å². The Labute approximate surface area is 185 Å². The number of hydrogen-bond acceptors (Lipinski definition) is 8. The van der Waals surface area contributed by atoms with E-state index in [4.69, 9.17) is 9.47 Å². The minimum Gasteiger partial charge on any atom is -0.491 e. The number of hydrogen-bond donors (Lipinski definition) is 2. The van der Waals surface area contributed by atoms with E-state index in [-0.39, 0.29) is 24.8 Å². The monoisotopic (exact) mass is 444 g/mol. The molecule has 0 spiro atoms. The molecule has 1 atom stereocenters. The summed E-state index contributed by atoms with van der Waals surface area (Å²) in [5, 5.41) is 5.57. The predicted molar refractivity (Wildman–Crippen MR) is 117 cm³/mol. The Hall–Kier alpha value is -3.34. The number of urea groups is 1. The van der Waals surface area contributed by atoms with Gasteiger partial charge in [-0.3, -0.25) is 19.4 Å². The van der Waals surface area contributed by atoms with Gasteiger partial charge in [-0.1, -0.05) is 0 Å². The normalized spacial score (nSPS) is 19.8. The molecule has 172 valence electrons. The van der Waals surface area contributed by atoms with Crippen molar-refractivity contribution in [1.29, 1.82) is 0 Å². The Morgan fingerprint density at radius 2 is 2.03 bits per heavy atom. The molecule has 11 heteroatoms. The number of nitrogens with zero attached hydrogens (tertiary/aromatic N) is 4.